The van der Waals surface area contributed by atoms with Crippen molar-refractivity contribution in [2.75, 3.05) is 4.90 Å². The van der Waals surface area contributed by atoms with E-state index in [1.807, 2.05) is 0 Å². The van der Waals surface area contributed by atoms with Crippen LogP contribution in [0.15, 0.2) is 41.2 Å². The fourth-order valence-corrected chi connectivity index (χ4v) is 3.91. The van der Waals surface area contributed by atoms with Gasteiger partial charge in [0.05, 0.1) is 0 Å². The molecule has 0 saturated heterocycles. The molecule has 0 aliphatic heterocycles. The second kappa shape index (κ2) is 8.29. The Bertz CT molecular complexity index is 1160. The lowest BCUT2D eigenvalue weighted by Crippen LogP contribution is -2.47. The van der Waals surface area contributed by atoms with Crippen LogP contribution in [0.25, 0.3) is 5.69 Å². The fourth-order valence-electron chi connectivity index (χ4n) is 3.91. The molecule has 0 radical (unpaired) electrons. The van der Waals surface area contributed by atoms with Gasteiger partial charge in [-0.1, -0.05) is 25.3 Å². The first kappa shape index (κ1) is 20.7. The van der Waals surface area contributed by atoms with Gasteiger partial charge in [0.1, 0.15) is 11.4 Å². The van der Waals surface area contributed by atoms with E-state index < -0.39 is 29.0 Å². The van der Waals surface area contributed by atoms with Gasteiger partial charge in [0.25, 0.3) is 0 Å². The summed E-state index contributed by atoms with van der Waals surface area (Å²) in [6.45, 7) is 1.70. The van der Waals surface area contributed by atoms with E-state index in [1.54, 1.807) is 19.1 Å². The van der Waals surface area contributed by atoms with Gasteiger partial charge in [0.2, 0.25) is 0 Å². The van der Waals surface area contributed by atoms with Crippen molar-refractivity contribution in [1.82, 2.24) is 19.8 Å². The number of carbonyl (C=O) groups is 1. The highest BCUT2D eigenvalue weighted by atomic mass is 19.1. The summed E-state index contributed by atoms with van der Waals surface area (Å²) in [6.07, 6.45) is 4.36. The first-order valence-electron chi connectivity index (χ1n) is 10.0. The van der Waals surface area contributed by atoms with E-state index in [9.17, 15) is 23.5 Å². The van der Waals surface area contributed by atoms with Gasteiger partial charge in [-0.15, -0.1) is 4.68 Å². The van der Waals surface area contributed by atoms with Gasteiger partial charge in [-0.3, -0.25) is 4.90 Å². The van der Waals surface area contributed by atoms with E-state index in [1.165, 1.54) is 11.0 Å². The molecule has 0 spiro atoms. The van der Waals surface area contributed by atoms with Crippen LogP contribution in [0, 0.1) is 18.6 Å². The summed E-state index contributed by atoms with van der Waals surface area (Å²) in [7, 11) is 0. The van der Waals surface area contributed by atoms with E-state index in [-0.39, 0.29) is 11.8 Å². The van der Waals surface area contributed by atoms with E-state index in [0.717, 1.165) is 50.3 Å². The summed E-state index contributed by atoms with van der Waals surface area (Å²) >= 11 is 0. The average Bonchev–Trinajstić information content (AvgIpc) is 3.12. The molecule has 1 amide bonds. The van der Waals surface area contributed by atoms with Gasteiger partial charge < -0.3 is 5.11 Å². The molecule has 1 aromatic heterocycles. The third kappa shape index (κ3) is 3.80. The zero-order chi connectivity index (χ0) is 22.1. The molecule has 10 heteroatoms. The van der Waals surface area contributed by atoms with Crippen LogP contribution in [0.3, 0.4) is 0 Å². The molecule has 1 aliphatic rings. The highest BCUT2D eigenvalue weighted by Gasteiger charge is 2.31. The number of hydrogen-bond donors (Lipinski definition) is 1. The lowest BCUT2D eigenvalue weighted by atomic mass is 9.94. The molecule has 1 heterocycles. The van der Waals surface area contributed by atoms with Crippen molar-refractivity contribution in [3.8, 4) is 11.4 Å². The number of carbonyl (C=O) groups excluding carboxylic acids is 1. The molecule has 4 rings (SSSR count). The number of hydrogen-bond acceptors (Lipinski definition) is 5. The molecule has 162 valence electrons. The predicted octanol–water partition coefficient (Wildman–Crippen LogP) is 3.53. The normalized spacial score (nSPS) is 14.5. The summed E-state index contributed by atoms with van der Waals surface area (Å²) in [5.74, 6) is -1.92. The largest absolute Gasteiger partial charge is 0.508 e. The molecule has 0 bridgehead atoms. The van der Waals surface area contributed by atoms with Crippen molar-refractivity contribution in [2.45, 2.75) is 45.1 Å². The zero-order valence-electron chi connectivity index (χ0n) is 16.8. The van der Waals surface area contributed by atoms with Crippen molar-refractivity contribution in [3.05, 3.63) is 64.1 Å². The number of rotatable bonds is 3. The van der Waals surface area contributed by atoms with Crippen molar-refractivity contribution in [2.24, 2.45) is 0 Å². The smallest absolute Gasteiger partial charge is 0.377 e. The van der Waals surface area contributed by atoms with Gasteiger partial charge in [-0.2, -0.15) is 4.68 Å². The third-order valence-corrected chi connectivity index (χ3v) is 5.52. The first-order valence-corrected chi connectivity index (χ1v) is 10.0. The lowest BCUT2D eigenvalue weighted by molar-refractivity contribution is 0.238. The minimum absolute atomic E-state index is 0.0814. The van der Waals surface area contributed by atoms with Crippen LogP contribution in [-0.2, 0) is 0 Å². The van der Waals surface area contributed by atoms with Crippen LogP contribution in [0.1, 0.15) is 37.7 Å². The SMILES string of the molecule is Cc1cc(N(C(=O)n2nnn(-c3c(F)cccc3F)c2=O)C2CCCCC2)ccc1O. The molecule has 31 heavy (non-hydrogen) atoms. The number of nitrogens with zero attached hydrogens (tertiary/aromatic N) is 5. The lowest BCUT2D eigenvalue weighted by Gasteiger charge is -2.33. The number of phenols is 1. The monoisotopic (exact) mass is 429 g/mol. The molecule has 1 N–H and O–H groups in total. The Balaban J connectivity index is 1.78. The molecule has 1 saturated carbocycles. The van der Waals surface area contributed by atoms with Crippen molar-refractivity contribution in [1.29, 1.82) is 0 Å². The molecule has 0 atom stereocenters. The van der Waals surface area contributed by atoms with E-state index in [2.05, 4.69) is 10.4 Å². The van der Waals surface area contributed by atoms with Crippen LogP contribution in [-0.4, -0.2) is 37.0 Å². The molecule has 8 nitrogen and oxygen atoms in total. The number of halogens is 2. The van der Waals surface area contributed by atoms with E-state index in [4.69, 9.17) is 0 Å². The first-order chi connectivity index (χ1) is 14.9. The highest BCUT2D eigenvalue weighted by Crippen LogP contribution is 2.30. The molecule has 0 unspecified atom stereocenters. The molecule has 3 aromatic rings. The average molecular weight is 429 g/mol. The Morgan fingerprint density at radius 1 is 1.10 bits per heavy atom. The maximum Gasteiger partial charge on any atom is 0.377 e. The van der Waals surface area contributed by atoms with Gasteiger partial charge >= 0.3 is 11.7 Å². The van der Waals surface area contributed by atoms with Crippen LogP contribution in [0.5, 0.6) is 5.75 Å². The van der Waals surface area contributed by atoms with Gasteiger partial charge in [-0.05, 0) is 66.1 Å². The maximum absolute atomic E-state index is 14.1. The maximum atomic E-state index is 14.1. The molecule has 2 aromatic carbocycles. The summed E-state index contributed by atoms with van der Waals surface area (Å²) in [4.78, 5) is 27.7. The van der Waals surface area contributed by atoms with Gasteiger partial charge in [-0.25, -0.2) is 18.4 Å². The number of benzene rings is 2. The Kier molecular flexibility index (Phi) is 5.53. The number of aryl methyl sites for hydroxylation is 1. The summed E-state index contributed by atoms with van der Waals surface area (Å²) in [5, 5.41) is 17.0. The van der Waals surface area contributed by atoms with Crippen LogP contribution < -0.4 is 10.6 Å². The number of aromatic hydroxyl groups is 1. The Labute approximate surface area is 176 Å². The third-order valence-electron chi connectivity index (χ3n) is 5.52. The van der Waals surface area contributed by atoms with Crippen LogP contribution in [0.2, 0.25) is 0 Å². The molecular weight excluding hydrogens is 408 g/mol. The fraction of sp³-hybridized carbons (Fsp3) is 0.333. The second-order valence-electron chi connectivity index (χ2n) is 7.57. The Hall–Kier alpha value is -3.56. The quantitative estimate of drug-likeness (QED) is 0.643. The summed E-state index contributed by atoms with van der Waals surface area (Å²) in [6, 6.07) is 6.87. The molecular formula is C21H21F2N5O3. The van der Waals surface area contributed by atoms with Crippen molar-refractivity contribution in [3.63, 3.8) is 0 Å². The summed E-state index contributed by atoms with van der Waals surface area (Å²) in [5.41, 5.74) is -0.720. The highest BCUT2D eigenvalue weighted by molar-refractivity contribution is 5.93. The van der Waals surface area contributed by atoms with E-state index >= 15 is 0 Å². The zero-order valence-corrected chi connectivity index (χ0v) is 16.8. The van der Waals surface area contributed by atoms with Gasteiger partial charge in [0, 0.05) is 11.7 Å². The number of tetrazole rings is 1. The molecule has 1 aliphatic carbocycles. The minimum Gasteiger partial charge on any atom is -0.508 e. The van der Waals surface area contributed by atoms with Crippen molar-refractivity contribution >= 4 is 11.7 Å². The van der Waals surface area contributed by atoms with Crippen molar-refractivity contribution < 1.29 is 18.7 Å². The van der Waals surface area contributed by atoms with Crippen LogP contribution >= 0.6 is 0 Å². The number of para-hydroxylation sites is 1. The van der Waals surface area contributed by atoms with Crippen LogP contribution in [0.4, 0.5) is 19.3 Å². The standard InChI is InChI=1S/C21H21F2N5O3/c1-13-12-15(10-11-18(13)29)26(14-6-3-2-4-7-14)20(30)28-21(31)27(24-25-28)19-16(22)8-5-9-17(19)23/h5,8-12,14,29H,2-4,6-7H2,1H3. The Morgan fingerprint density at radius 2 is 1.77 bits per heavy atom. The van der Waals surface area contributed by atoms with Gasteiger partial charge in [0.15, 0.2) is 11.6 Å². The number of amides is 1. The topological polar surface area (TPSA) is 93.3 Å². The minimum atomic E-state index is -1.08. The predicted molar refractivity (Wildman–Crippen MR) is 109 cm³/mol. The number of aromatic nitrogens is 4. The summed E-state index contributed by atoms with van der Waals surface area (Å²) < 4.78 is 29.2. The second-order valence-corrected chi connectivity index (χ2v) is 7.57. The molecule has 1 fully saturated rings. The Morgan fingerprint density at radius 3 is 2.42 bits per heavy atom. The number of anilines is 1. The van der Waals surface area contributed by atoms with E-state index in [0.29, 0.717) is 20.6 Å². The number of phenolic OH excluding ortho intramolecular Hbond substituents is 1.